The van der Waals surface area contributed by atoms with Crippen LogP contribution in [0.15, 0.2) is 0 Å². The first kappa shape index (κ1) is 12.2. The number of hydrogen-bond acceptors (Lipinski definition) is 0. The van der Waals surface area contributed by atoms with Gasteiger partial charge in [0.25, 0.3) is 0 Å². The summed E-state index contributed by atoms with van der Waals surface area (Å²) in [6, 6.07) is 0. The first-order valence-electron chi connectivity index (χ1n) is 2.46. The van der Waals surface area contributed by atoms with Crippen LogP contribution in [0, 0.1) is 6.92 Å². The Morgan fingerprint density at radius 3 is 1.33 bits per heavy atom. The summed E-state index contributed by atoms with van der Waals surface area (Å²) in [4.78, 5) is 0. The van der Waals surface area contributed by atoms with Crippen LogP contribution < -0.4 is 0 Å². The van der Waals surface area contributed by atoms with Crippen molar-refractivity contribution >= 4 is 20.7 Å². The van der Waals surface area contributed by atoms with Crippen molar-refractivity contribution in [2.45, 2.75) is 19.8 Å². The number of rotatable bonds is 1. The van der Waals surface area contributed by atoms with Gasteiger partial charge in [0.05, 0.1) is 0 Å². The van der Waals surface area contributed by atoms with Crippen molar-refractivity contribution in [3.05, 3.63) is 6.92 Å². The van der Waals surface area contributed by atoms with Crippen molar-refractivity contribution in [1.82, 2.24) is 0 Å². The zero-order valence-corrected chi connectivity index (χ0v) is 7.99. The predicted molar refractivity (Wildman–Crippen MR) is 30.5 cm³/mol. The van der Waals surface area contributed by atoms with Gasteiger partial charge < -0.3 is 0 Å². The maximum absolute atomic E-state index is 9.90. The summed E-state index contributed by atoms with van der Waals surface area (Å²) in [5, 5.41) is 0. The van der Waals surface area contributed by atoms with Crippen LogP contribution in [0.3, 0.4) is 0 Å². The normalized spacial score (nSPS) is 10.0. The molecule has 0 saturated carbocycles. The van der Waals surface area contributed by atoms with Crippen LogP contribution in [0.5, 0.6) is 0 Å². The van der Waals surface area contributed by atoms with Crippen molar-refractivity contribution in [1.29, 1.82) is 0 Å². The predicted octanol–water partition coefficient (Wildman–Crippen LogP) is 2.92. The Balaban J connectivity index is 0. The molecule has 0 atom stereocenters. The van der Waals surface area contributed by atoms with E-state index in [0.717, 1.165) is 6.42 Å². The van der Waals surface area contributed by atoms with Gasteiger partial charge in [0.1, 0.15) is 0 Å². The molecule has 5 heteroatoms. The molecule has 0 N–H and O–H groups in total. The molecule has 1 radical (unpaired) electrons. The summed E-state index contributed by atoms with van der Waals surface area (Å²) in [5.41, 5.74) is 0. The average Bonchev–Trinajstić information content (AvgIpc) is 1.61. The molecule has 0 aromatic carbocycles. The number of unbranched alkanes of at least 4 members (excludes halogenated alkanes) is 1. The van der Waals surface area contributed by atoms with E-state index in [0.29, 0.717) is 0 Å². The monoisotopic (exact) mass is 253 g/mol. The minimum absolute atomic E-state index is 1.07. The van der Waals surface area contributed by atoms with Gasteiger partial charge in [-0.15, -0.1) is 0 Å². The quantitative estimate of drug-likeness (QED) is 0.497. The van der Waals surface area contributed by atoms with Gasteiger partial charge in [-0.25, -0.2) is 0 Å². The van der Waals surface area contributed by atoms with Crippen LogP contribution in [-0.2, 0) is 0 Å². The fourth-order valence-corrected chi connectivity index (χ4v) is 0. The van der Waals surface area contributed by atoms with Gasteiger partial charge in [-0.2, -0.15) is 0 Å². The zero-order valence-electron chi connectivity index (χ0n) is 5.13. The summed E-state index contributed by atoms with van der Waals surface area (Å²) in [7, 11) is 0. The summed E-state index contributed by atoms with van der Waals surface area (Å²) >= 11 is -7.18. The Kier molecular flexibility index (Phi) is 9.01. The molecule has 0 aliphatic heterocycles. The molecule has 9 heavy (non-hydrogen) atoms. The fourth-order valence-electron chi connectivity index (χ4n) is 0. The SMILES string of the molecule is [CH2]CCC.[F][Sn]([F])([F])[F]. The number of halogens is 4. The summed E-state index contributed by atoms with van der Waals surface area (Å²) in [6.45, 7) is 5.72. The van der Waals surface area contributed by atoms with E-state index in [9.17, 15) is 11.5 Å². The van der Waals surface area contributed by atoms with Crippen LogP contribution in [0.25, 0.3) is 0 Å². The molecule has 0 spiro atoms. The molecule has 0 amide bonds. The van der Waals surface area contributed by atoms with Crippen molar-refractivity contribution in [3.63, 3.8) is 0 Å². The molecular weight excluding hydrogens is 243 g/mol. The molecule has 57 valence electrons. The third kappa shape index (κ3) is 157. The molecule has 0 aliphatic rings. The first-order valence-corrected chi connectivity index (χ1v) is 6.78. The third-order valence-electron chi connectivity index (χ3n) is 0.354. The van der Waals surface area contributed by atoms with Crippen LogP contribution in [0.4, 0.5) is 11.5 Å². The summed E-state index contributed by atoms with van der Waals surface area (Å²) in [5.74, 6) is 0. The molecule has 0 aliphatic carbocycles. The Morgan fingerprint density at radius 1 is 1.22 bits per heavy atom. The second-order valence-corrected chi connectivity index (χ2v) is 3.73. The Labute approximate surface area is 59.2 Å². The van der Waals surface area contributed by atoms with Gasteiger partial charge in [-0.05, 0) is 0 Å². The molecule has 0 rings (SSSR count). The van der Waals surface area contributed by atoms with E-state index < -0.39 is 20.7 Å². The molecule has 0 saturated heterocycles. The average molecular weight is 252 g/mol. The van der Waals surface area contributed by atoms with Crippen molar-refractivity contribution in [2.75, 3.05) is 0 Å². The van der Waals surface area contributed by atoms with Gasteiger partial charge in [0.2, 0.25) is 0 Å². The first-order chi connectivity index (χ1) is 3.91. The fraction of sp³-hybridized carbons (Fsp3) is 0.750. The van der Waals surface area contributed by atoms with E-state index in [1.165, 1.54) is 6.42 Å². The van der Waals surface area contributed by atoms with E-state index in [2.05, 4.69) is 13.8 Å². The second kappa shape index (κ2) is 6.64. The molecule has 0 unspecified atom stereocenters. The summed E-state index contributed by atoms with van der Waals surface area (Å²) in [6.07, 6.45) is 2.28. The van der Waals surface area contributed by atoms with Gasteiger partial charge in [-0.1, -0.05) is 26.7 Å². The van der Waals surface area contributed by atoms with Gasteiger partial charge in [-0.3, -0.25) is 0 Å². The molecule has 0 fully saturated rings. The zero-order chi connectivity index (χ0) is 7.91. The standard InChI is InChI=1S/C4H9.4FH.Sn/c1-3-4-2;;;;;/h1,3-4H2,2H3;4*1H;/q;;;;;+4/p-4. The van der Waals surface area contributed by atoms with E-state index >= 15 is 0 Å². The van der Waals surface area contributed by atoms with Gasteiger partial charge in [0.15, 0.2) is 0 Å². The van der Waals surface area contributed by atoms with Gasteiger partial charge in [0, 0.05) is 0 Å². The number of hydrogen-bond donors (Lipinski definition) is 0. The van der Waals surface area contributed by atoms with E-state index in [1.54, 1.807) is 0 Å². The molecule has 0 aromatic heterocycles. The Hall–Kier alpha value is 0.519. The topological polar surface area (TPSA) is 0 Å². The second-order valence-electron chi connectivity index (χ2n) is 1.28. The van der Waals surface area contributed by atoms with E-state index in [4.69, 9.17) is 0 Å². The third-order valence-corrected chi connectivity index (χ3v) is 0.354. The molecular formula is C4H9F4Sn. The molecule has 0 heterocycles. The van der Waals surface area contributed by atoms with Crippen LogP contribution in [0.1, 0.15) is 19.8 Å². The van der Waals surface area contributed by atoms with Crippen molar-refractivity contribution in [3.8, 4) is 0 Å². The van der Waals surface area contributed by atoms with Crippen molar-refractivity contribution in [2.24, 2.45) is 0 Å². The molecule has 0 aromatic rings. The van der Waals surface area contributed by atoms with Crippen LogP contribution in [0.2, 0.25) is 0 Å². The van der Waals surface area contributed by atoms with E-state index in [1.807, 2.05) is 0 Å². The molecule has 0 nitrogen and oxygen atoms in total. The Bertz CT molecular complexity index is 43.0. The Morgan fingerprint density at radius 2 is 1.33 bits per heavy atom. The summed E-state index contributed by atoms with van der Waals surface area (Å²) < 4.78 is 39.6. The maximum atomic E-state index is 9.90. The molecule has 0 bridgehead atoms. The minimum atomic E-state index is -7.18. The van der Waals surface area contributed by atoms with E-state index in [-0.39, 0.29) is 0 Å². The van der Waals surface area contributed by atoms with Gasteiger partial charge >= 0.3 is 32.1 Å². The van der Waals surface area contributed by atoms with Crippen LogP contribution in [-0.4, -0.2) is 20.7 Å². The van der Waals surface area contributed by atoms with Crippen molar-refractivity contribution < 1.29 is 11.5 Å². The van der Waals surface area contributed by atoms with Crippen LogP contribution >= 0.6 is 0 Å².